The molecule has 2 rings (SSSR count). The van der Waals surface area contributed by atoms with Gasteiger partial charge < -0.3 is 10.6 Å². The van der Waals surface area contributed by atoms with Gasteiger partial charge in [0, 0.05) is 10.2 Å². The molecule has 0 spiro atoms. The Balaban J connectivity index is 2.08. The van der Waals surface area contributed by atoms with Gasteiger partial charge in [0.05, 0.1) is 5.54 Å². The molecule has 1 unspecified atom stereocenters. The van der Waals surface area contributed by atoms with E-state index in [4.69, 9.17) is 0 Å². The quantitative estimate of drug-likeness (QED) is 0.900. The van der Waals surface area contributed by atoms with Crippen molar-refractivity contribution in [1.82, 2.24) is 5.32 Å². The Kier molecular flexibility index (Phi) is 3.84. The first-order valence-corrected chi connectivity index (χ1v) is 6.78. The number of anilines is 1. The molecule has 3 nitrogen and oxygen atoms in total. The van der Waals surface area contributed by atoms with Crippen molar-refractivity contribution in [1.29, 1.82) is 0 Å². The molecule has 4 heteroatoms. The van der Waals surface area contributed by atoms with Gasteiger partial charge in [0.1, 0.15) is 0 Å². The summed E-state index contributed by atoms with van der Waals surface area (Å²) >= 11 is 3.38. The van der Waals surface area contributed by atoms with Crippen molar-refractivity contribution in [3.8, 4) is 0 Å². The summed E-state index contributed by atoms with van der Waals surface area (Å²) in [5, 5.41) is 6.31. The van der Waals surface area contributed by atoms with Crippen LogP contribution >= 0.6 is 15.9 Å². The van der Waals surface area contributed by atoms with Crippen LogP contribution in [0.5, 0.6) is 0 Å². The highest BCUT2D eigenvalue weighted by Gasteiger charge is 2.38. The van der Waals surface area contributed by atoms with Crippen LogP contribution in [0.15, 0.2) is 28.7 Å². The van der Waals surface area contributed by atoms with Crippen LogP contribution in [-0.4, -0.2) is 18.0 Å². The average Bonchev–Trinajstić information content (AvgIpc) is 2.82. The summed E-state index contributed by atoms with van der Waals surface area (Å²) in [7, 11) is 0. The van der Waals surface area contributed by atoms with Crippen molar-refractivity contribution < 1.29 is 4.79 Å². The van der Waals surface area contributed by atoms with Crippen LogP contribution in [0.4, 0.5) is 5.69 Å². The molecule has 0 aliphatic carbocycles. The fraction of sp³-hybridized carbons (Fsp3) is 0.462. The van der Waals surface area contributed by atoms with Crippen LogP contribution in [0.25, 0.3) is 0 Å². The molecule has 0 aromatic heterocycles. The maximum atomic E-state index is 12.3. The standard InChI is InChI=1S/C13H17BrN2O/c1-2-13(8-3-9-15-13)12(17)16-11-6-4-10(14)5-7-11/h4-7,15H,2-3,8-9H2,1H3,(H,16,17). The fourth-order valence-electron chi connectivity index (χ4n) is 2.25. The monoisotopic (exact) mass is 296 g/mol. The number of benzene rings is 1. The van der Waals surface area contributed by atoms with Crippen molar-refractivity contribution in [2.45, 2.75) is 31.7 Å². The Morgan fingerprint density at radius 3 is 2.71 bits per heavy atom. The Labute approximate surface area is 110 Å². The van der Waals surface area contributed by atoms with Gasteiger partial charge in [-0.1, -0.05) is 22.9 Å². The van der Waals surface area contributed by atoms with E-state index in [0.717, 1.165) is 36.0 Å². The number of hydrogen-bond acceptors (Lipinski definition) is 2. The zero-order chi connectivity index (χ0) is 12.3. The highest BCUT2D eigenvalue weighted by Crippen LogP contribution is 2.25. The minimum absolute atomic E-state index is 0.0832. The summed E-state index contributed by atoms with van der Waals surface area (Å²) in [4.78, 5) is 12.3. The molecule has 92 valence electrons. The fourth-order valence-corrected chi connectivity index (χ4v) is 2.51. The molecule has 0 bridgehead atoms. The molecular weight excluding hydrogens is 280 g/mol. The van der Waals surface area contributed by atoms with E-state index >= 15 is 0 Å². The largest absolute Gasteiger partial charge is 0.324 e. The third-order valence-corrected chi connectivity index (χ3v) is 3.91. The number of carbonyl (C=O) groups is 1. The van der Waals surface area contributed by atoms with Gasteiger partial charge in [0.2, 0.25) is 5.91 Å². The van der Waals surface area contributed by atoms with E-state index in [1.54, 1.807) is 0 Å². The molecule has 1 aliphatic heterocycles. The second-order valence-corrected chi connectivity index (χ2v) is 5.34. The lowest BCUT2D eigenvalue weighted by atomic mass is 9.93. The minimum Gasteiger partial charge on any atom is -0.324 e. The zero-order valence-electron chi connectivity index (χ0n) is 9.92. The first-order valence-electron chi connectivity index (χ1n) is 5.98. The maximum Gasteiger partial charge on any atom is 0.244 e. The molecule has 17 heavy (non-hydrogen) atoms. The molecular formula is C13H17BrN2O. The molecule has 1 aliphatic rings. The van der Waals surface area contributed by atoms with Crippen LogP contribution in [0, 0.1) is 0 Å². The molecule has 0 saturated carbocycles. The van der Waals surface area contributed by atoms with Gasteiger partial charge in [0.15, 0.2) is 0 Å². The number of carbonyl (C=O) groups excluding carboxylic acids is 1. The third-order valence-electron chi connectivity index (χ3n) is 3.38. The van der Waals surface area contributed by atoms with Gasteiger partial charge in [-0.2, -0.15) is 0 Å². The molecule has 1 amide bonds. The van der Waals surface area contributed by atoms with E-state index < -0.39 is 0 Å². The Morgan fingerprint density at radius 1 is 1.47 bits per heavy atom. The summed E-state index contributed by atoms with van der Waals surface area (Å²) in [6, 6.07) is 7.66. The summed E-state index contributed by atoms with van der Waals surface area (Å²) in [6.45, 7) is 2.99. The highest BCUT2D eigenvalue weighted by atomic mass is 79.9. The molecule has 1 aromatic rings. The van der Waals surface area contributed by atoms with Gasteiger partial charge in [-0.15, -0.1) is 0 Å². The van der Waals surface area contributed by atoms with E-state index in [9.17, 15) is 4.79 Å². The van der Waals surface area contributed by atoms with Crippen molar-refractivity contribution in [2.75, 3.05) is 11.9 Å². The second kappa shape index (κ2) is 5.19. The van der Waals surface area contributed by atoms with Gasteiger partial charge in [-0.05, 0) is 50.1 Å². The lowest BCUT2D eigenvalue weighted by molar-refractivity contribution is -0.122. The number of halogens is 1. The van der Waals surface area contributed by atoms with Crippen molar-refractivity contribution >= 4 is 27.5 Å². The number of amides is 1. The van der Waals surface area contributed by atoms with E-state index in [-0.39, 0.29) is 11.4 Å². The predicted octanol–water partition coefficient (Wildman–Crippen LogP) is 2.92. The smallest absolute Gasteiger partial charge is 0.244 e. The van der Waals surface area contributed by atoms with Crippen molar-refractivity contribution in [3.63, 3.8) is 0 Å². The average molecular weight is 297 g/mol. The summed E-state index contributed by atoms with van der Waals surface area (Å²) < 4.78 is 1.01. The lowest BCUT2D eigenvalue weighted by Crippen LogP contribution is -2.50. The van der Waals surface area contributed by atoms with Crippen LogP contribution < -0.4 is 10.6 Å². The van der Waals surface area contributed by atoms with Crippen LogP contribution in [-0.2, 0) is 4.79 Å². The van der Waals surface area contributed by atoms with Crippen LogP contribution in [0.3, 0.4) is 0 Å². The number of hydrogen-bond donors (Lipinski definition) is 2. The zero-order valence-corrected chi connectivity index (χ0v) is 11.5. The Hall–Kier alpha value is -0.870. The number of rotatable bonds is 3. The van der Waals surface area contributed by atoms with Crippen molar-refractivity contribution in [3.05, 3.63) is 28.7 Å². The Bertz CT molecular complexity index is 396. The Morgan fingerprint density at radius 2 is 2.18 bits per heavy atom. The van der Waals surface area contributed by atoms with Gasteiger partial charge in [-0.25, -0.2) is 0 Å². The topological polar surface area (TPSA) is 41.1 Å². The third kappa shape index (κ3) is 2.69. The van der Waals surface area contributed by atoms with E-state index in [1.165, 1.54) is 0 Å². The van der Waals surface area contributed by atoms with Gasteiger partial charge >= 0.3 is 0 Å². The summed E-state index contributed by atoms with van der Waals surface area (Å²) in [5.74, 6) is 0.0832. The first-order chi connectivity index (χ1) is 8.16. The normalized spacial score (nSPS) is 23.6. The molecule has 1 saturated heterocycles. The van der Waals surface area contributed by atoms with E-state index in [2.05, 4.69) is 33.5 Å². The first kappa shape index (κ1) is 12.6. The van der Waals surface area contributed by atoms with E-state index in [0.29, 0.717) is 0 Å². The SMILES string of the molecule is CCC1(C(=O)Nc2ccc(Br)cc2)CCCN1. The minimum atomic E-state index is -0.368. The second-order valence-electron chi connectivity index (χ2n) is 4.43. The molecule has 1 heterocycles. The van der Waals surface area contributed by atoms with Crippen LogP contribution in [0.1, 0.15) is 26.2 Å². The van der Waals surface area contributed by atoms with E-state index in [1.807, 2.05) is 24.3 Å². The molecule has 1 fully saturated rings. The summed E-state index contributed by atoms with van der Waals surface area (Å²) in [6.07, 6.45) is 2.82. The number of nitrogens with one attached hydrogen (secondary N) is 2. The predicted molar refractivity (Wildman–Crippen MR) is 73.0 cm³/mol. The summed E-state index contributed by atoms with van der Waals surface area (Å²) in [5.41, 5.74) is 0.479. The highest BCUT2D eigenvalue weighted by molar-refractivity contribution is 9.10. The van der Waals surface area contributed by atoms with Crippen LogP contribution in [0.2, 0.25) is 0 Å². The van der Waals surface area contributed by atoms with Gasteiger partial charge in [0.25, 0.3) is 0 Å². The molecule has 0 radical (unpaired) electrons. The van der Waals surface area contributed by atoms with Gasteiger partial charge in [-0.3, -0.25) is 4.79 Å². The molecule has 1 aromatic carbocycles. The lowest BCUT2D eigenvalue weighted by Gasteiger charge is -2.26. The maximum absolute atomic E-state index is 12.3. The van der Waals surface area contributed by atoms with Crippen molar-refractivity contribution in [2.24, 2.45) is 0 Å². The molecule has 2 N–H and O–H groups in total. The molecule has 1 atom stereocenters.